The lowest BCUT2D eigenvalue weighted by molar-refractivity contribution is -0.251. The first-order chi connectivity index (χ1) is 14.1. The Balaban J connectivity index is 1.50. The summed E-state index contributed by atoms with van der Waals surface area (Å²) in [5, 5.41) is 3.85. The van der Waals surface area contributed by atoms with E-state index in [1.165, 1.54) is 0 Å². The van der Waals surface area contributed by atoms with Gasteiger partial charge in [-0.1, -0.05) is 5.16 Å². The number of hydrogen-bond acceptors (Lipinski definition) is 10. The third kappa shape index (κ3) is 4.25. The third-order valence-electron chi connectivity index (χ3n) is 5.17. The van der Waals surface area contributed by atoms with Crippen LogP contribution in [-0.4, -0.2) is 73.5 Å². The molecule has 30 heavy (non-hydrogen) atoms. The quantitative estimate of drug-likeness (QED) is 0.606. The third-order valence-corrected chi connectivity index (χ3v) is 5.17. The first-order valence-corrected chi connectivity index (χ1v) is 10.2. The lowest BCUT2D eigenvalue weighted by atomic mass is 10.1. The number of carbonyl (C=O) groups excluding carboxylic acids is 1. The van der Waals surface area contributed by atoms with Crippen molar-refractivity contribution in [2.45, 2.75) is 90.1 Å². The maximum absolute atomic E-state index is 11.9. The molecule has 0 N–H and O–H groups in total. The Morgan fingerprint density at radius 1 is 1.17 bits per heavy atom. The van der Waals surface area contributed by atoms with Crippen molar-refractivity contribution >= 4 is 11.7 Å². The van der Waals surface area contributed by atoms with Crippen LogP contribution in [0.4, 0.5) is 0 Å². The van der Waals surface area contributed by atoms with E-state index in [-0.39, 0.29) is 18.4 Å². The summed E-state index contributed by atoms with van der Waals surface area (Å²) in [4.78, 5) is 17.4. The Kier molecular flexibility index (Phi) is 5.67. The summed E-state index contributed by atoms with van der Waals surface area (Å²) in [6.07, 6.45) is -1.74. The lowest BCUT2D eigenvalue weighted by Crippen LogP contribution is -2.46. The number of carbonyl (C=O) groups is 1. The summed E-state index contributed by atoms with van der Waals surface area (Å²) in [6.45, 7) is 11.4. The molecule has 1 unspecified atom stereocenters. The van der Waals surface area contributed by atoms with Gasteiger partial charge in [0.15, 0.2) is 23.6 Å². The number of rotatable bonds is 5. The largest absolute Gasteiger partial charge is 0.461 e. The van der Waals surface area contributed by atoms with Crippen molar-refractivity contribution in [1.82, 2.24) is 0 Å². The fourth-order valence-corrected chi connectivity index (χ4v) is 3.91. The molecule has 6 atom stereocenters. The van der Waals surface area contributed by atoms with Gasteiger partial charge >= 0.3 is 5.97 Å². The maximum atomic E-state index is 11.9. The van der Waals surface area contributed by atoms with Crippen LogP contribution < -0.4 is 0 Å². The van der Waals surface area contributed by atoms with Crippen LogP contribution in [0, 0.1) is 0 Å². The molecule has 0 radical (unpaired) electrons. The zero-order valence-electron chi connectivity index (χ0n) is 18.1. The van der Waals surface area contributed by atoms with Crippen LogP contribution in [0.1, 0.15) is 41.5 Å². The maximum Gasteiger partial charge on any atom is 0.360 e. The van der Waals surface area contributed by atoms with E-state index in [1.807, 2.05) is 27.7 Å². The molecule has 0 bridgehead atoms. The van der Waals surface area contributed by atoms with E-state index in [0.717, 1.165) is 0 Å². The fraction of sp³-hybridized carbons (Fsp3) is 0.800. The van der Waals surface area contributed by atoms with Crippen molar-refractivity contribution in [2.24, 2.45) is 5.16 Å². The molecule has 0 spiro atoms. The highest BCUT2D eigenvalue weighted by Gasteiger charge is 2.59. The number of oxime groups is 1. The summed E-state index contributed by atoms with van der Waals surface area (Å²) in [5.41, 5.74) is 0.750. The van der Waals surface area contributed by atoms with Gasteiger partial charge in [0.2, 0.25) is 6.29 Å². The first kappa shape index (κ1) is 21.7. The molecule has 168 valence electrons. The van der Waals surface area contributed by atoms with Crippen molar-refractivity contribution < 1.29 is 42.8 Å². The van der Waals surface area contributed by atoms with Crippen molar-refractivity contribution in [3.63, 3.8) is 0 Å². The highest BCUT2D eigenvalue weighted by molar-refractivity contribution is 6.41. The van der Waals surface area contributed by atoms with Crippen molar-refractivity contribution in [1.29, 1.82) is 0 Å². The Labute approximate surface area is 175 Å². The zero-order valence-corrected chi connectivity index (χ0v) is 18.1. The standard InChI is InChI=1S/C20H29NO9/c1-7-23-16(22)11-8-10(2)17(30-21-11)26-14-13(12-9-24-19(3,4)27-12)25-18-15(14)28-20(5,6)29-18/h8,12-15,17-18H,7,9H2,1-6H3/t12-,13-,14+,15-,17?,18-/m1/s1. The second-order valence-electron chi connectivity index (χ2n) is 8.56. The van der Waals surface area contributed by atoms with Gasteiger partial charge in [0, 0.05) is 0 Å². The average molecular weight is 427 g/mol. The minimum Gasteiger partial charge on any atom is -0.461 e. The van der Waals surface area contributed by atoms with Crippen LogP contribution in [0.2, 0.25) is 0 Å². The second kappa shape index (κ2) is 7.85. The molecule has 0 aromatic carbocycles. The molecule has 0 amide bonds. The lowest BCUT2D eigenvalue weighted by Gasteiger charge is -2.31. The van der Waals surface area contributed by atoms with Crippen molar-refractivity contribution in [3.05, 3.63) is 11.6 Å². The number of esters is 1. The average Bonchev–Trinajstić information content (AvgIpc) is 3.26. The Morgan fingerprint density at radius 3 is 2.57 bits per heavy atom. The molecule has 0 aliphatic carbocycles. The van der Waals surface area contributed by atoms with Gasteiger partial charge in [0.05, 0.1) is 13.2 Å². The second-order valence-corrected chi connectivity index (χ2v) is 8.56. The summed E-state index contributed by atoms with van der Waals surface area (Å²) < 4.78 is 40.9. The molecule has 4 aliphatic rings. The minimum atomic E-state index is -0.819. The van der Waals surface area contributed by atoms with Crippen LogP contribution in [0.15, 0.2) is 16.8 Å². The predicted molar refractivity (Wildman–Crippen MR) is 101 cm³/mol. The Hall–Kier alpha value is -1.56. The van der Waals surface area contributed by atoms with Crippen LogP contribution in [0.25, 0.3) is 0 Å². The summed E-state index contributed by atoms with van der Waals surface area (Å²) >= 11 is 0. The van der Waals surface area contributed by atoms with E-state index < -0.39 is 48.4 Å². The van der Waals surface area contributed by atoms with Gasteiger partial charge in [-0.2, -0.15) is 0 Å². The normalized spacial score (nSPS) is 39.1. The number of fused-ring (bicyclic) bond motifs is 1. The molecule has 0 aromatic heterocycles. The van der Waals surface area contributed by atoms with E-state index in [4.69, 9.17) is 38.0 Å². The highest BCUT2D eigenvalue weighted by atomic mass is 16.9. The monoisotopic (exact) mass is 427 g/mol. The van der Waals surface area contributed by atoms with Gasteiger partial charge in [-0.3, -0.25) is 0 Å². The molecule has 0 saturated carbocycles. The van der Waals surface area contributed by atoms with E-state index in [0.29, 0.717) is 12.2 Å². The summed E-state index contributed by atoms with van der Waals surface area (Å²) in [5.74, 6) is -2.07. The fourth-order valence-electron chi connectivity index (χ4n) is 3.91. The number of hydrogen-bond donors (Lipinski definition) is 0. The smallest absolute Gasteiger partial charge is 0.360 e. The molecule has 4 heterocycles. The van der Waals surface area contributed by atoms with Gasteiger partial charge in [-0.15, -0.1) is 0 Å². The topological polar surface area (TPSA) is 103 Å². The van der Waals surface area contributed by atoms with E-state index in [9.17, 15) is 4.79 Å². The van der Waals surface area contributed by atoms with Crippen molar-refractivity contribution in [3.8, 4) is 0 Å². The SMILES string of the molecule is CCOC(=O)C1=NOC(O[C@@H]2[C@H]3OC(C)(C)O[C@H]3O[C@@H]2[C@H]2COC(C)(C)O2)C(C)=C1. The molecule has 0 aromatic rings. The van der Waals surface area contributed by atoms with Crippen LogP contribution in [0.3, 0.4) is 0 Å². The summed E-state index contributed by atoms with van der Waals surface area (Å²) in [6, 6.07) is 0. The van der Waals surface area contributed by atoms with E-state index >= 15 is 0 Å². The molecule has 10 heteroatoms. The number of ether oxygens (including phenoxy) is 7. The molecule has 3 fully saturated rings. The van der Waals surface area contributed by atoms with E-state index in [1.54, 1.807) is 19.9 Å². The van der Waals surface area contributed by atoms with Gasteiger partial charge in [0.1, 0.15) is 24.4 Å². The van der Waals surface area contributed by atoms with Crippen LogP contribution in [-0.2, 0) is 42.8 Å². The first-order valence-electron chi connectivity index (χ1n) is 10.2. The van der Waals surface area contributed by atoms with Gasteiger partial charge < -0.3 is 38.0 Å². The minimum absolute atomic E-state index is 0.0853. The highest BCUT2D eigenvalue weighted by Crippen LogP contribution is 2.42. The number of nitrogens with zero attached hydrogens (tertiary/aromatic N) is 1. The van der Waals surface area contributed by atoms with Gasteiger partial charge in [0.25, 0.3) is 0 Å². The van der Waals surface area contributed by atoms with Crippen LogP contribution >= 0.6 is 0 Å². The molecule has 3 saturated heterocycles. The Bertz CT molecular complexity index is 747. The zero-order chi connectivity index (χ0) is 21.7. The molecule has 4 aliphatic heterocycles. The van der Waals surface area contributed by atoms with Crippen molar-refractivity contribution in [2.75, 3.05) is 13.2 Å². The molecule has 10 nitrogen and oxygen atoms in total. The van der Waals surface area contributed by atoms with E-state index in [2.05, 4.69) is 5.16 Å². The summed E-state index contributed by atoms with van der Waals surface area (Å²) in [7, 11) is 0. The molecular formula is C20H29NO9. The Morgan fingerprint density at radius 2 is 1.93 bits per heavy atom. The van der Waals surface area contributed by atoms with Gasteiger partial charge in [-0.25, -0.2) is 4.79 Å². The van der Waals surface area contributed by atoms with Gasteiger partial charge in [-0.05, 0) is 53.2 Å². The predicted octanol–water partition coefficient (Wildman–Crippen LogP) is 1.62. The van der Waals surface area contributed by atoms with Crippen LogP contribution in [0.5, 0.6) is 0 Å². The molecular weight excluding hydrogens is 398 g/mol. The molecule has 4 rings (SSSR count).